The van der Waals surface area contributed by atoms with Crippen LogP contribution in [0.2, 0.25) is 0 Å². The number of hydrogen-bond donors (Lipinski definition) is 0. The third kappa shape index (κ3) is 4.25. The zero-order chi connectivity index (χ0) is 19.6. The number of rotatable bonds is 5. The SMILES string of the molecule is O=S(=O)(c1cccs1)N1CCC(N2CCC(Oc3ccccc3F)CC2)CC1. The Bertz CT molecular complexity index is 873. The van der Waals surface area contributed by atoms with E-state index in [4.69, 9.17) is 4.74 Å². The molecule has 0 unspecified atom stereocenters. The van der Waals surface area contributed by atoms with Gasteiger partial charge in [-0.05, 0) is 49.3 Å². The van der Waals surface area contributed by atoms with Crippen LogP contribution in [0.5, 0.6) is 5.75 Å². The van der Waals surface area contributed by atoms with Crippen molar-refractivity contribution in [1.82, 2.24) is 9.21 Å². The minimum absolute atomic E-state index is 0.0347. The molecule has 0 aliphatic carbocycles. The molecule has 0 amide bonds. The van der Waals surface area contributed by atoms with Crippen molar-refractivity contribution in [3.05, 3.63) is 47.6 Å². The van der Waals surface area contributed by atoms with Crippen molar-refractivity contribution in [2.75, 3.05) is 26.2 Å². The highest BCUT2D eigenvalue weighted by Gasteiger charge is 2.33. The molecule has 1 aromatic heterocycles. The van der Waals surface area contributed by atoms with Gasteiger partial charge in [-0.25, -0.2) is 12.8 Å². The van der Waals surface area contributed by atoms with Gasteiger partial charge in [-0.2, -0.15) is 4.31 Å². The van der Waals surface area contributed by atoms with Gasteiger partial charge in [-0.3, -0.25) is 0 Å². The molecule has 3 heterocycles. The lowest BCUT2D eigenvalue weighted by Crippen LogP contribution is -2.50. The number of halogens is 1. The molecule has 8 heteroatoms. The van der Waals surface area contributed by atoms with E-state index in [1.807, 2.05) is 0 Å². The average molecular weight is 425 g/mol. The van der Waals surface area contributed by atoms with Crippen molar-refractivity contribution < 1.29 is 17.5 Å². The van der Waals surface area contributed by atoms with Gasteiger partial charge in [0.25, 0.3) is 10.0 Å². The predicted octanol–water partition coefficient (Wildman–Crippen LogP) is 3.58. The number of thiophene rings is 1. The predicted molar refractivity (Wildman–Crippen MR) is 108 cm³/mol. The van der Waals surface area contributed by atoms with Gasteiger partial charge in [0.05, 0.1) is 0 Å². The first-order valence-corrected chi connectivity index (χ1v) is 12.0. The summed E-state index contributed by atoms with van der Waals surface area (Å²) in [6.07, 6.45) is 3.46. The fourth-order valence-corrected chi connectivity index (χ4v) is 6.68. The highest BCUT2D eigenvalue weighted by Crippen LogP contribution is 2.28. The molecule has 0 bridgehead atoms. The van der Waals surface area contributed by atoms with E-state index in [1.54, 1.807) is 40.0 Å². The summed E-state index contributed by atoms with van der Waals surface area (Å²) in [4.78, 5) is 2.44. The number of likely N-dealkylation sites (tertiary alicyclic amines) is 1. The van der Waals surface area contributed by atoms with Crippen molar-refractivity contribution >= 4 is 21.4 Å². The second-order valence-corrected chi connectivity index (χ2v) is 10.5. The molecule has 2 aliphatic heterocycles. The molecule has 5 nitrogen and oxygen atoms in total. The van der Waals surface area contributed by atoms with Crippen molar-refractivity contribution in [2.45, 2.75) is 42.0 Å². The Labute approximate surface area is 169 Å². The van der Waals surface area contributed by atoms with E-state index >= 15 is 0 Å². The minimum atomic E-state index is -3.34. The van der Waals surface area contributed by atoms with Gasteiger partial charge in [-0.1, -0.05) is 18.2 Å². The second-order valence-electron chi connectivity index (χ2n) is 7.35. The molecule has 1 aromatic carbocycles. The van der Waals surface area contributed by atoms with Gasteiger partial charge in [0.15, 0.2) is 11.6 Å². The van der Waals surface area contributed by atoms with Crippen molar-refractivity contribution in [1.29, 1.82) is 0 Å². The van der Waals surface area contributed by atoms with Crippen LogP contribution in [0.1, 0.15) is 25.7 Å². The third-order valence-electron chi connectivity index (χ3n) is 5.64. The van der Waals surface area contributed by atoms with Crippen LogP contribution < -0.4 is 4.74 Å². The summed E-state index contributed by atoms with van der Waals surface area (Å²) >= 11 is 1.27. The zero-order valence-corrected chi connectivity index (χ0v) is 17.3. The van der Waals surface area contributed by atoms with Gasteiger partial charge in [0, 0.05) is 32.2 Å². The molecule has 2 fully saturated rings. The van der Waals surface area contributed by atoms with Gasteiger partial charge >= 0.3 is 0 Å². The lowest BCUT2D eigenvalue weighted by molar-refractivity contribution is 0.0568. The number of benzene rings is 1. The average Bonchev–Trinajstić information content (AvgIpc) is 3.26. The molecule has 2 aliphatic rings. The first-order valence-electron chi connectivity index (χ1n) is 9.73. The van der Waals surface area contributed by atoms with Crippen LogP contribution in [0, 0.1) is 5.82 Å². The number of hydrogen-bond acceptors (Lipinski definition) is 5. The Hall–Kier alpha value is -1.48. The molecule has 2 saturated heterocycles. The smallest absolute Gasteiger partial charge is 0.252 e. The maximum Gasteiger partial charge on any atom is 0.252 e. The van der Waals surface area contributed by atoms with E-state index < -0.39 is 10.0 Å². The standard InChI is InChI=1S/C20H25FN2O3S2/c21-18-4-1-2-5-19(18)26-17-9-11-22(12-10-17)16-7-13-23(14-8-16)28(24,25)20-6-3-15-27-20/h1-6,15-17H,7-14H2. The van der Waals surface area contributed by atoms with Gasteiger partial charge in [-0.15, -0.1) is 11.3 Å². The fraction of sp³-hybridized carbons (Fsp3) is 0.500. The largest absolute Gasteiger partial charge is 0.487 e. The van der Waals surface area contributed by atoms with E-state index in [9.17, 15) is 12.8 Å². The molecule has 4 rings (SSSR count). The molecule has 0 saturated carbocycles. The summed E-state index contributed by atoms with van der Waals surface area (Å²) in [5, 5.41) is 1.80. The number of nitrogens with zero attached hydrogens (tertiary/aromatic N) is 2. The topological polar surface area (TPSA) is 49.9 Å². The summed E-state index contributed by atoms with van der Waals surface area (Å²) in [5.74, 6) is 0.0114. The molecule has 0 radical (unpaired) electrons. The molecule has 152 valence electrons. The normalized spacial score (nSPS) is 21.0. The zero-order valence-electron chi connectivity index (χ0n) is 15.7. The van der Waals surface area contributed by atoms with Crippen molar-refractivity contribution in [3.63, 3.8) is 0 Å². The lowest BCUT2D eigenvalue weighted by Gasteiger charge is -2.41. The number of sulfonamides is 1. The molecule has 0 N–H and O–H groups in total. The Morgan fingerprint density at radius 3 is 2.32 bits per heavy atom. The van der Waals surface area contributed by atoms with Crippen LogP contribution >= 0.6 is 11.3 Å². The van der Waals surface area contributed by atoms with Crippen LogP contribution in [-0.4, -0.2) is 55.9 Å². The Morgan fingerprint density at radius 1 is 0.964 bits per heavy atom. The van der Waals surface area contributed by atoms with Crippen molar-refractivity contribution in [2.24, 2.45) is 0 Å². The molecular formula is C20H25FN2O3S2. The van der Waals surface area contributed by atoms with E-state index in [-0.39, 0.29) is 11.9 Å². The van der Waals surface area contributed by atoms with Crippen molar-refractivity contribution in [3.8, 4) is 5.75 Å². The summed E-state index contributed by atoms with van der Waals surface area (Å²) in [7, 11) is -3.34. The lowest BCUT2D eigenvalue weighted by atomic mass is 10.00. The molecule has 2 aromatic rings. The first-order chi connectivity index (χ1) is 13.5. The highest BCUT2D eigenvalue weighted by molar-refractivity contribution is 7.91. The second kappa shape index (κ2) is 8.49. The Balaban J connectivity index is 1.27. The molecule has 0 spiro atoms. The Kier molecular flexibility index (Phi) is 6.01. The van der Waals surface area contributed by atoms with Crippen LogP contribution in [0.3, 0.4) is 0 Å². The van der Waals surface area contributed by atoms with E-state index in [0.717, 1.165) is 38.8 Å². The maximum atomic E-state index is 13.8. The molecule has 0 atom stereocenters. The molecular weight excluding hydrogens is 399 g/mol. The van der Waals surface area contributed by atoms with Crippen LogP contribution in [0.15, 0.2) is 46.0 Å². The van der Waals surface area contributed by atoms with Gasteiger partial charge in [0.1, 0.15) is 10.3 Å². The van der Waals surface area contributed by atoms with Crippen LogP contribution in [0.25, 0.3) is 0 Å². The van der Waals surface area contributed by atoms with Crippen LogP contribution in [0.4, 0.5) is 4.39 Å². The summed E-state index contributed by atoms with van der Waals surface area (Å²) < 4.78 is 46.9. The monoisotopic (exact) mass is 424 g/mol. The third-order valence-corrected chi connectivity index (χ3v) is 8.91. The van der Waals surface area contributed by atoms with E-state index in [0.29, 0.717) is 29.1 Å². The summed E-state index contributed by atoms with van der Waals surface area (Å²) in [6, 6.07) is 10.4. The Morgan fingerprint density at radius 2 is 1.68 bits per heavy atom. The van der Waals surface area contributed by atoms with Crippen LogP contribution in [-0.2, 0) is 10.0 Å². The first kappa shape index (κ1) is 19.8. The van der Waals surface area contributed by atoms with Gasteiger partial charge < -0.3 is 9.64 Å². The molecule has 28 heavy (non-hydrogen) atoms. The number of ether oxygens (including phenoxy) is 1. The maximum absolute atomic E-state index is 13.8. The summed E-state index contributed by atoms with van der Waals surface area (Å²) in [6.45, 7) is 2.94. The fourth-order valence-electron chi connectivity index (χ4n) is 4.06. The highest BCUT2D eigenvalue weighted by atomic mass is 32.2. The summed E-state index contributed by atoms with van der Waals surface area (Å²) in [5.41, 5.74) is 0. The quantitative estimate of drug-likeness (QED) is 0.736. The minimum Gasteiger partial charge on any atom is -0.487 e. The number of para-hydroxylation sites is 1. The number of piperidine rings is 2. The van der Waals surface area contributed by atoms with Gasteiger partial charge in [0.2, 0.25) is 0 Å². The van der Waals surface area contributed by atoms with E-state index in [2.05, 4.69) is 4.90 Å². The van der Waals surface area contributed by atoms with E-state index in [1.165, 1.54) is 17.4 Å².